The van der Waals surface area contributed by atoms with E-state index in [1.165, 1.54) is 19.5 Å². The number of likely N-dealkylation sites (tertiary alicyclic amines) is 1. The van der Waals surface area contributed by atoms with Crippen molar-refractivity contribution in [2.75, 3.05) is 33.3 Å². The summed E-state index contributed by atoms with van der Waals surface area (Å²) in [5.41, 5.74) is -0.0128. The molecule has 0 saturated carbocycles. The molecule has 84 valence electrons. The van der Waals surface area contributed by atoms with Crippen molar-refractivity contribution in [2.45, 2.75) is 38.8 Å². The zero-order valence-corrected chi connectivity index (χ0v) is 9.97. The Hall–Kier alpha value is -0.120. The van der Waals surface area contributed by atoms with E-state index in [1.807, 2.05) is 0 Å². The molecule has 0 aromatic carbocycles. The van der Waals surface area contributed by atoms with Crippen molar-refractivity contribution in [3.63, 3.8) is 0 Å². The molecule has 14 heavy (non-hydrogen) atoms. The SMILES string of the molecule is CCNC1CCN(CC(C)(C)OC)C1. The number of nitrogens with one attached hydrogen (secondary N) is 1. The maximum atomic E-state index is 5.43. The van der Waals surface area contributed by atoms with Crippen LogP contribution in [0.2, 0.25) is 0 Å². The van der Waals surface area contributed by atoms with Crippen molar-refractivity contribution in [3.05, 3.63) is 0 Å². The van der Waals surface area contributed by atoms with Crippen molar-refractivity contribution < 1.29 is 4.74 Å². The molecule has 0 radical (unpaired) electrons. The number of nitrogens with zero attached hydrogens (tertiary/aromatic N) is 1. The lowest BCUT2D eigenvalue weighted by molar-refractivity contribution is -0.00285. The Balaban J connectivity index is 2.28. The van der Waals surface area contributed by atoms with Gasteiger partial charge in [0.2, 0.25) is 0 Å². The predicted octanol–water partition coefficient (Wildman–Crippen LogP) is 1.10. The minimum atomic E-state index is -0.0128. The smallest absolute Gasteiger partial charge is 0.0749 e. The summed E-state index contributed by atoms with van der Waals surface area (Å²) >= 11 is 0. The van der Waals surface area contributed by atoms with Gasteiger partial charge in [-0.25, -0.2) is 0 Å². The fourth-order valence-electron chi connectivity index (χ4n) is 2.03. The maximum Gasteiger partial charge on any atom is 0.0749 e. The number of hydrogen-bond acceptors (Lipinski definition) is 3. The second-order valence-corrected chi connectivity index (χ2v) is 4.74. The first-order valence-corrected chi connectivity index (χ1v) is 5.58. The van der Waals surface area contributed by atoms with E-state index in [9.17, 15) is 0 Å². The van der Waals surface area contributed by atoms with E-state index in [4.69, 9.17) is 4.74 Å². The molecule has 0 bridgehead atoms. The Morgan fingerprint density at radius 3 is 2.79 bits per heavy atom. The highest BCUT2D eigenvalue weighted by molar-refractivity contribution is 4.84. The summed E-state index contributed by atoms with van der Waals surface area (Å²) in [5, 5.41) is 3.50. The number of rotatable bonds is 5. The molecule has 3 heteroatoms. The Morgan fingerprint density at radius 2 is 2.21 bits per heavy atom. The van der Waals surface area contributed by atoms with Crippen LogP contribution in [0.4, 0.5) is 0 Å². The standard InChI is InChI=1S/C11H24N2O/c1-5-12-10-6-7-13(8-10)9-11(2,3)14-4/h10,12H,5-9H2,1-4H3. The number of ether oxygens (including phenoxy) is 1. The molecular formula is C11H24N2O. The fraction of sp³-hybridized carbons (Fsp3) is 1.00. The summed E-state index contributed by atoms with van der Waals surface area (Å²) in [5.74, 6) is 0. The molecule has 1 atom stereocenters. The van der Waals surface area contributed by atoms with Crippen LogP contribution in [0.5, 0.6) is 0 Å². The average molecular weight is 200 g/mol. The molecule has 0 aromatic rings. The molecule has 1 saturated heterocycles. The second kappa shape index (κ2) is 5.10. The minimum absolute atomic E-state index is 0.0128. The summed E-state index contributed by atoms with van der Waals surface area (Å²) in [4.78, 5) is 2.48. The van der Waals surface area contributed by atoms with Crippen molar-refractivity contribution >= 4 is 0 Å². The fourth-order valence-corrected chi connectivity index (χ4v) is 2.03. The zero-order valence-electron chi connectivity index (χ0n) is 9.97. The maximum absolute atomic E-state index is 5.43. The first-order chi connectivity index (χ1) is 6.57. The Kier molecular flexibility index (Phi) is 4.35. The number of methoxy groups -OCH3 is 1. The van der Waals surface area contributed by atoms with Crippen LogP contribution in [-0.2, 0) is 4.74 Å². The van der Waals surface area contributed by atoms with E-state index >= 15 is 0 Å². The molecule has 1 unspecified atom stereocenters. The summed E-state index contributed by atoms with van der Waals surface area (Å²) in [6.45, 7) is 10.9. The van der Waals surface area contributed by atoms with Gasteiger partial charge in [-0.15, -0.1) is 0 Å². The van der Waals surface area contributed by atoms with E-state index in [0.29, 0.717) is 6.04 Å². The van der Waals surface area contributed by atoms with E-state index in [-0.39, 0.29) is 5.60 Å². The van der Waals surface area contributed by atoms with Crippen LogP contribution in [-0.4, -0.2) is 49.8 Å². The Labute approximate surface area is 87.8 Å². The number of hydrogen-bond donors (Lipinski definition) is 1. The molecule has 0 aliphatic carbocycles. The molecule has 1 N–H and O–H groups in total. The van der Waals surface area contributed by atoms with E-state index in [1.54, 1.807) is 7.11 Å². The summed E-state index contributed by atoms with van der Waals surface area (Å²) < 4.78 is 5.43. The Morgan fingerprint density at radius 1 is 1.50 bits per heavy atom. The Bertz CT molecular complexity index is 171. The quantitative estimate of drug-likeness (QED) is 0.719. The number of likely N-dealkylation sites (N-methyl/N-ethyl adjacent to an activating group) is 1. The highest BCUT2D eigenvalue weighted by Gasteiger charge is 2.27. The van der Waals surface area contributed by atoms with Gasteiger partial charge in [0.1, 0.15) is 0 Å². The van der Waals surface area contributed by atoms with Gasteiger partial charge in [0.05, 0.1) is 5.60 Å². The lowest BCUT2D eigenvalue weighted by atomic mass is 10.1. The van der Waals surface area contributed by atoms with Crippen LogP contribution >= 0.6 is 0 Å². The van der Waals surface area contributed by atoms with Gasteiger partial charge in [-0.3, -0.25) is 4.90 Å². The molecular weight excluding hydrogens is 176 g/mol. The molecule has 1 aliphatic heterocycles. The molecule has 1 heterocycles. The third-order valence-corrected chi connectivity index (χ3v) is 2.92. The highest BCUT2D eigenvalue weighted by atomic mass is 16.5. The van der Waals surface area contributed by atoms with Crippen LogP contribution in [0.1, 0.15) is 27.2 Å². The predicted molar refractivity (Wildman–Crippen MR) is 59.6 cm³/mol. The third kappa shape index (κ3) is 3.56. The molecule has 3 nitrogen and oxygen atoms in total. The van der Waals surface area contributed by atoms with Gasteiger partial charge in [0, 0.05) is 26.2 Å². The van der Waals surface area contributed by atoms with Gasteiger partial charge in [0.15, 0.2) is 0 Å². The third-order valence-electron chi connectivity index (χ3n) is 2.92. The zero-order chi connectivity index (χ0) is 10.6. The molecule has 1 fully saturated rings. The summed E-state index contributed by atoms with van der Waals surface area (Å²) in [7, 11) is 1.79. The van der Waals surface area contributed by atoms with Gasteiger partial charge in [-0.05, 0) is 33.4 Å². The van der Waals surface area contributed by atoms with Gasteiger partial charge in [-0.2, -0.15) is 0 Å². The summed E-state index contributed by atoms with van der Waals surface area (Å²) in [6.07, 6.45) is 1.27. The van der Waals surface area contributed by atoms with Crippen LogP contribution < -0.4 is 5.32 Å². The molecule has 0 amide bonds. The monoisotopic (exact) mass is 200 g/mol. The van der Waals surface area contributed by atoms with Crippen molar-refractivity contribution in [1.82, 2.24) is 10.2 Å². The normalized spacial score (nSPS) is 24.4. The largest absolute Gasteiger partial charge is 0.377 e. The topological polar surface area (TPSA) is 24.5 Å². The average Bonchev–Trinajstić information content (AvgIpc) is 2.53. The van der Waals surface area contributed by atoms with Gasteiger partial charge < -0.3 is 10.1 Å². The molecule has 1 rings (SSSR count). The molecule has 0 aromatic heterocycles. The van der Waals surface area contributed by atoms with Crippen molar-refractivity contribution in [1.29, 1.82) is 0 Å². The highest BCUT2D eigenvalue weighted by Crippen LogP contribution is 2.15. The van der Waals surface area contributed by atoms with Gasteiger partial charge >= 0.3 is 0 Å². The first kappa shape index (κ1) is 12.0. The van der Waals surface area contributed by atoms with E-state index in [0.717, 1.165) is 13.1 Å². The minimum Gasteiger partial charge on any atom is -0.377 e. The lowest BCUT2D eigenvalue weighted by Crippen LogP contribution is -2.40. The first-order valence-electron chi connectivity index (χ1n) is 5.58. The van der Waals surface area contributed by atoms with Gasteiger partial charge in [0.25, 0.3) is 0 Å². The second-order valence-electron chi connectivity index (χ2n) is 4.74. The molecule has 1 aliphatic rings. The lowest BCUT2D eigenvalue weighted by Gasteiger charge is -2.28. The molecule has 0 spiro atoms. The van der Waals surface area contributed by atoms with E-state index in [2.05, 4.69) is 31.0 Å². The summed E-state index contributed by atoms with van der Waals surface area (Å²) in [6, 6.07) is 0.688. The van der Waals surface area contributed by atoms with Crippen LogP contribution in [0.25, 0.3) is 0 Å². The van der Waals surface area contributed by atoms with E-state index < -0.39 is 0 Å². The van der Waals surface area contributed by atoms with Crippen molar-refractivity contribution in [2.24, 2.45) is 0 Å². The van der Waals surface area contributed by atoms with Crippen LogP contribution in [0.3, 0.4) is 0 Å². The van der Waals surface area contributed by atoms with Crippen LogP contribution in [0.15, 0.2) is 0 Å². The van der Waals surface area contributed by atoms with Crippen molar-refractivity contribution in [3.8, 4) is 0 Å². The van der Waals surface area contributed by atoms with Gasteiger partial charge in [-0.1, -0.05) is 6.92 Å². The van der Waals surface area contributed by atoms with Crippen LogP contribution in [0, 0.1) is 0 Å².